The second-order valence-electron chi connectivity index (χ2n) is 3.58. The molecule has 2 rings (SSSR count). The van der Waals surface area contributed by atoms with E-state index < -0.39 is 0 Å². The predicted octanol–water partition coefficient (Wildman–Crippen LogP) is 5.84. The van der Waals surface area contributed by atoms with Crippen molar-refractivity contribution in [2.75, 3.05) is 0 Å². The molecule has 1 aromatic heterocycles. The lowest BCUT2D eigenvalue weighted by molar-refractivity contribution is 1.27. The number of halogens is 3. The van der Waals surface area contributed by atoms with Gasteiger partial charge in [0.2, 0.25) is 0 Å². The monoisotopic (exact) mass is 369 g/mol. The molecule has 0 aliphatic carbocycles. The van der Waals surface area contributed by atoms with Crippen LogP contribution in [0.3, 0.4) is 0 Å². The highest BCUT2D eigenvalue weighted by Gasteiger charge is 2.06. The third-order valence-corrected chi connectivity index (χ3v) is 3.51. The van der Waals surface area contributed by atoms with Crippen molar-refractivity contribution >= 4 is 56.7 Å². The van der Waals surface area contributed by atoms with E-state index in [4.69, 9.17) is 28.7 Å². The molecule has 1 heterocycles. The van der Waals surface area contributed by atoms with Crippen LogP contribution in [0, 0.1) is 0 Å². The normalized spacial score (nSPS) is 10.6. The van der Waals surface area contributed by atoms with Crippen molar-refractivity contribution in [2.24, 2.45) is 10.1 Å². The summed E-state index contributed by atoms with van der Waals surface area (Å²) in [6.07, 6.45) is 4.56. The average molecular weight is 371 g/mol. The molecule has 0 fully saturated rings. The van der Waals surface area contributed by atoms with Gasteiger partial charge in [0.15, 0.2) is 0 Å². The van der Waals surface area contributed by atoms with E-state index in [1.807, 2.05) is 0 Å². The van der Waals surface area contributed by atoms with E-state index >= 15 is 0 Å². The third-order valence-electron chi connectivity index (χ3n) is 2.32. The van der Waals surface area contributed by atoms with Crippen molar-refractivity contribution in [3.8, 4) is 0 Å². The maximum absolute atomic E-state index is 8.57. The molecule has 0 aliphatic heterocycles. The number of rotatable bonds is 3. The first-order valence-corrected chi connectivity index (χ1v) is 6.85. The number of para-hydroxylation sites is 1. The molecule has 100 valence electrons. The van der Waals surface area contributed by atoms with E-state index in [0.717, 1.165) is 0 Å². The summed E-state index contributed by atoms with van der Waals surface area (Å²) in [7, 11) is 0. The molecular weight excluding hydrogens is 365 g/mol. The molecule has 0 aliphatic rings. The average Bonchev–Trinajstić information content (AvgIpc) is 2.42. The summed E-state index contributed by atoms with van der Waals surface area (Å²) < 4.78 is 0.574. The van der Waals surface area contributed by atoms with Crippen LogP contribution in [0.2, 0.25) is 10.0 Å². The zero-order valence-electron chi connectivity index (χ0n) is 9.83. The lowest BCUT2D eigenvalue weighted by Crippen LogP contribution is -1.86. The van der Waals surface area contributed by atoms with Crippen molar-refractivity contribution in [2.45, 2.75) is 0 Å². The van der Waals surface area contributed by atoms with Gasteiger partial charge in [-0.1, -0.05) is 34.4 Å². The topological polar surface area (TPSA) is 74.0 Å². The maximum Gasteiger partial charge on any atom is 0.100 e. The van der Waals surface area contributed by atoms with Gasteiger partial charge in [0.05, 0.1) is 15.7 Å². The first-order valence-electron chi connectivity index (χ1n) is 5.30. The Morgan fingerprint density at radius 1 is 1.20 bits per heavy atom. The van der Waals surface area contributed by atoms with E-state index in [1.54, 1.807) is 18.2 Å². The number of aliphatic imine (C=N–C) groups is 1. The Kier molecular flexibility index (Phi) is 4.98. The van der Waals surface area contributed by atoms with Gasteiger partial charge in [-0.3, -0.25) is 9.98 Å². The maximum atomic E-state index is 8.57. The second-order valence-corrected chi connectivity index (χ2v) is 5.25. The van der Waals surface area contributed by atoms with E-state index in [-0.39, 0.29) is 0 Å². The van der Waals surface area contributed by atoms with E-state index in [0.29, 0.717) is 31.5 Å². The first-order chi connectivity index (χ1) is 9.63. The molecule has 8 heteroatoms. The smallest absolute Gasteiger partial charge is 0.100 e. The Bertz CT molecular complexity index is 706. The SMILES string of the molecule is [N-]=[N+]=Nc1c(Br)cncc1C=Nc1c(Cl)cccc1Cl. The highest BCUT2D eigenvalue weighted by atomic mass is 79.9. The summed E-state index contributed by atoms with van der Waals surface area (Å²) in [5.74, 6) is 0. The summed E-state index contributed by atoms with van der Waals surface area (Å²) in [6, 6.07) is 5.11. The third kappa shape index (κ3) is 3.29. The van der Waals surface area contributed by atoms with Crippen LogP contribution in [-0.2, 0) is 0 Å². The molecule has 5 nitrogen and oxygen atoms in total. The number of hydrogen-bond donors (Lipinski definition) is 0. The van der Waals surface area contributed by atoms with Crippen molar-refractivity contribution in [1.29, 1.82) is 0 Å². The quantitative estimate of drug-likeness (QED) is 0.289. The van der Waals surface area contributed by atoms with Crippen molar-refractivity contribution in [3.63, 3.8) is 0 Å². The molecule has 0 saturated carbocycles. The fraction of sp³-hybridized carbons (Fsp3) is 0. The molecule has 0 unspecified atom stereocenters. The molecule has 0 radical (unpaired) electrons. The molecule has 0 spiro atoms. The molecule has 0 N–H and O–H groups in total. The van der Waals surface area contributed by atoms with Crippen LogP contribution in [0.15, 0.2) is 45.2 Å². The standard InChI is InChI=1S/C12H6BrCl2N5/c13-8-6-17-4-7(11(8)19-20-16)5-18-12-9(14)2-1-3-10(12)15/h1-6H. The van der Waals surface area contributed by atoms with Crippen LogP contribution < -0.4 is 0 Å². The van der Waals surface area contributed by atoms with Gasteiger partial charge in [-0.25, -0.2) is 0 Å². The number of benzene rings is 1. The van der Waals surface area contributed by atoms with Crippen LogP contribution in [0.25, 0.3) is 10.4 Å². The summed E-state index contributed by atoms with van der Waals surface area (Å²) in [6.45, 7) is 0. The van der Waals surface area contributed by atoms with Gasteiger partial charge in [0, 0.05) is 33.6 Å². The van der Waals surface area contributed by atoms with Crippen LogP contribution >= 0.6 is 39.1 Å². The first kappa shape index (κ1) is 14.8. The van der Waals surface area contributed by atoms with Crippen LogP contribution in [-0.4, -0.2) is 11.2 Å². The molecule has 1 aromatic carbocycles. The minimum absolute atomic E-state index is 0.398. The summed E-state index contributed by atoms with van der Waals surface area (Å²) >= 11 is 15.3. The fourth-order valence-electron chi connectivity index (χ4n) is 1.43. The second kappa shape index (κ2) is 6.72. The van der Waals surface area contributed by atoms with Gasteiger partial charge in [0.1, 0.15) is 5.69 Å². The highest BCUT2D eigenvalue weighted by Crippen LogP contribution is 2.33. The van der Waals surface area contributed by atoms with Crippen LogP contribution in [0.1, 0.15) is 5.56 Å². The van der Waals surface area contributed by atoms with Crippen molar-refractivity contribution < 1.29 is 0 Å². The summed E-state index contributed by atoms with van der Waals surface area (Å²) in [5.41, 5.74) is 9.97. The fourth-order valence-corrected chi connectivity index (χ4v) is 2.36. The van der Waals surface area contributed by atoms with Gasteiger partial charge in [-0.15, -0.1) is 0 Å². The van der Waals surface area contributed by atoms with Crippen LogP contribution in [0.5, 0.6) is 0 Å². The van der Waals surface area contributed by atoms with Gasteiger partial charge in [0.25, 0.3) is 0 Å². The van der Waals surface area contributed by atoms with Gasteiger partial charge < -0.3 is 0 Å². The van der Waals surface area contributed by atoms with Crippen molar-refractivity contribution in [1.82, 2.24) is 4.98 Å². The molecular formula is C12H6BrCl2N5. The largest absolute Gasteiger partial charge is 0.263 e. The number of pyridine rings is 1. The Morgan fingerprint density at radius 3 is 2.55 bits per heavy atom. The summed E-state index contributed by atoms with van der Waals surface area (Å²) in [4.78, 5) is 11.0. The Hall–Kier alpha value is -1.59. The lowest BCUT2D eigenvalue weighted by Gasteiger charge is -2.03. The Morgan fingerprint density at radius 2 is 1.90 bits per heavy atom. The van der Waals surface area contributed by atoms with E-state index in [2.05, 4.69) is 35.9 Å². The minimum atomic E-state index is 0.398. The molecule has 2 aromatic rings. The zero-order chi connectivity index (χ0) is 14.5. The molecule has 20 heavy (non-hydrogen) atoms. The van der Waals surface area contributed by atoms with E-state index in [9.17, 15) is 0 Å². The lowest BCUT2D eigenvalue weighted by atomic mass is 10.2. The predicted molar refractivity (Wildman–Crippen MR) is 84.5 cm³/mol. The summed E-state index contributed by atoms with van der Waals surface area (Å²) in [5, 5.41) is 4.46. The zero-order valence-corrected chi connectivity index (χ0v) is 12.9. The van der Waals surface area contributed by atoms with Gasteiger partial charge in [-0.2, -0.15) is 0 Å². The van der Waals surface area contributed by atoms with Gasteiger partial charge >= 0.3 is 0 Å². The number of aromatic nitrogens is 1. The number of nitrogens with zero attached hydrogens (tertiary/aromatic N) is 5. The Labute approximate surface area is 133 Å². The number of azide groups is 1. The molecule has 0 atom stereocenters. The highest BCUT2D eigenvalue weighted by molar-refractivity contribution is 9.10. The number of hydrogen-bond acceptors (Lipinski definition) is 3. The van der Waals surface area contributed by atoms with Crippen molar-refractivity contribution in [3.05, 3.63) is 61.1 Å². The molecule has 0 saturated heterocycles. The van der Waals surface area contributed by atoms with E-state index in [1.165, 1.54) is 18.6 Å². The minimum Gasteiger partial charge on any atom is -0.263 e. The molecule has 0 amide bonds. The Balaban J connectivity index is 2.47. The molecule has 0 bridgehead atoms. The van der Waals surface area contributed by atoms with Crippen LogP contribution in [0.4, 0.5) is 11.4 Å². The van der Waals surface area contributed by atoms with Gasteiger partial charge in [-0.05, 0) is 33.6 Å².